The topological polar surface area (TPSA) is 44.3 Å². The van der Waals surface area contributed by atoms with Gasteiger partial charge in [0.1, 0.15) is 5.65 Å². The zero-order valence-corrected chi connectivity index (χ0v) is 29.8. The first-order valence-corrected chi connectivity index (χ1v) is 16.3. The van der Waals surface area contributed by atoms with Gasteiger partial charge in [0.15, 0.2) is 0 Å². The molecule has 0 N–H and O–H groups in total. The first kappa shape index (κ1) is 31.0. The summed E-state index contributed by atoms with van der Waals surface area (Å²) in [5.74, 6) is 1.20. The number of benzene rings is 5. The largest absolute Gasteiger partial charge is 2.00 e. The fourth-order valence-corrected chi connectivity index (χ4v) is 7.00. The molecule has 0 fully saturated rings. The van der Waals surface area contributed by atoms with Crippen LogP contribution >= 0.6 is 0 Å². The van der Waals surface area contributed by atoms with Gasteiger partial charge in [0.05, 0.1) is 22.6 Å². The maximum absolute atomic E-state index is 6.53. The van der Waals surface area contributed by atoms with Gasteiger partial charge in [-0.1, -0.05) is 104 Å². The van der Waals surface area contributed by atoms with E-state index in [0.29, 0.717) is 11.5 Å². The molecule has 0 aliphatic carbocycles. The van der Waals surface area contributed by atoms with Crippen LogP contribution in [-0.2, 0) is 26.5 Å². The average molecular weight is 816 g/mol. The van der Waals surface area contributed by atoms with Crippen LogP contribution in [0.3, 0.4) is 0 Å². The van der Waals surface area contributed by atoms with Crippen molar-refractivity contribution >= 4 is 49.3 Å². The van der Waals surface area contributed by atoms with Gasteiger partial charge in [0.25, 0.3) is 0 Å². The summed E-state index contributed by atoms with van der Waals surface area (Å²) in [5, 5.41) is 5.40. The molecule has 0 amide bonds. The summed E-state index contributed by atoms with van der Waals surface area (Å²) in [6, 6.07) is 47.0. The Kier molecular flexibility index (Phi) is 7.42. The molecule has 9 aromatic rings. The van der Waals surface area contributed by atoms with Crippen molar-refractivity contribution in [1.82, 2.24) is 18.9 Å². The number of aromatic nitrogens is 4. The zero-order chi connectivity index (χ0) is 32.6. The molecule has 240 valence electrons. The standard InChI is InChI=1S/C43H32N4O.Pt/c1-27-40(28-12-6-5-7-13-28)47-38-18-9-8-16-34(38)33-22-20-32(26-37(33)42(47)45-27)48-31-15-10-14-30(25-31)46-39-24-29(43(2,3)4)19-21-35(39)36-17-11-23-44-41(36)46;/h5-24H,1-4H3;/q-2;+2. The minimum atomic E-state index is 0. The summed E-state index contributed by atoms with van der Waals surface area (Å²) in [4.78, 5) is 9.91. The van der Waals surface area contributed by atoms with E-state index in [2.05, 4.69) is 134 Å². The Bertz CT molecular complexity index is 2700. The molecule has 4 aromatic heterocycles. The minimum Gasteiger partial charge on any atom is -0.503 e. The zero-order valence-electron chi connectivity index (χ0n) is 27.6. The van der Waals surface area contributed by atoms with E-state index in [-0.39, 0.29) is 26.5 Å². The number of para-hydroxylation sites is 1. The SMILES string of the molecule is Cc1nc2c3[c-]c(Oc4[c-]c(-n5c6cc(C(C)(C)C)ccc6c6cccnc65)ccc4)ccc3c3ccccc3n2c1-c1ccccc1.[Pt+2]. The molecule has 0 radical (unpaired) electrons. The van der Waals surface area contributed by atoms with Gasteiger partial charge in [0, 0.05) is 34.0 Å². The van der Waals surface area contributed by atoms with E-state index in [0.717, 1.165) is 71.9 Å². The molecule has 9 rings (SSSR count). The number of fused-ring (bicyclic) bond motifs is 9. The molecule has 0 saturated heterocycles. The van der Waals surface area contributed by atoms with E-state index in [1.54, 1.807) is 0 Å². The van der Waals surface area contributed by atoms with Gasteiger partial charge in [-0.05, 0) is 53.1 Å². The predicted molar refractivity (Wildman–Crippen MR) is 195 cm³/mol. The van der Waals surface area contributed by atoms with Crippen LogP contribution in [0.1, 0.15) is 32.0 Å². The van der Waals surface area contributed by atoms with Crippen molar-refractivity contribution in [3.05, 3.63) is 145 Å². The third-order valence-corrected chi connectivity index (χ3v) is 9.28. The number of hydrogen-bond acceptors (Lipinski definition) is 3. The van der Waals surface area contributed by atoms with Crippen LogP contribution in [-0.4, -0.2) is 18.9 Å². The number of aryl methyl sites for hydroxylation is 1. The molecule has 49 heavy (non-hydrogen) atoms. The normalized spacial score (nSPS) is 11.9. The van der Waals surface area contributed by atoms with Crippen LogP contribution in [0.15, 0.2) is 121 Å². The number of imidazole rings is 1. The Morgan fingerprint density at radius 3 is 2.22 bits per heavy atom. The van der Waals surface area contributed by atoms with Gasteiger partial charge in [-0.25, -0.2) is 4.98 Å². The van der Waals surface area contributed by atoms with E-state index >= 15 is 0 Å². The summed E-state index contributed by atoms with van der Waals surface area (Å²) >= 11 is 0. The van der Waals surface area contributed by atoms with Crippen LogP contribution < -0.4 is 4.74 Å². The van der Waals surface area contributed by atoms with Crippen molar-refractivity contribution in [3.8, 4) is 28.4 Å². The van der Waals surface area contributed by atoms with Gasteiger partial charge in [-0.15, -0.1) is 30.3 Å². The number of nitrogens with zero attached hydrogens (tertiary/aromatic N) is 4. The molecule has 5 aromatic carbocycles. The Morgan fingerprint density at radius 2 is 1.39 bits per heavy atom. The van der Waals surface area contributed by atoms with E-state index in [4.69, 9.17) is 14.7 Å². The van der Waals surface area contributed by atoms with Crippen molar-refractivity contribution in [2.75, 3.05) is 0 Å². The molecular weight excluding hydrogens is 784 g/mol. The predicted octanol–water partition coefficient (Wildman–Crippen LogP) is 10.8. The molecule has 4 heterocycles. The smallest absolute Gasteiger partial charge is 0.503 e. The summed E-state index contributed by atoms with van der Waals surface area (Å²) in [7, 11) is 0. The maximum atomic E-state index is 6.53. The molecule has 0 saturated carbocycles. The third kappa shape index (κ3) is 5.03. The van der Waals surface area contributed by atoms with Gasteiger partial charge in [-0.3, -0.25) is 4.98 Å². The van der Waals surface area contributed by atoms with Crippen molar-refractivity contribution in [1.29, 1.82) is 0 Å². The summed E-state index contributed by atoms with van der Waals surface area (Å²) in [5.41, 5.74) is 9.26. The molecule has 0 unspecified atom stereocenters. The van der Waals surface area contributed by atoms with Crippen LogP contribution in [0.4, 0.5) is 0 Å². The van der Waals surface area contributed by atoms with E-state index in [9.17, 15) is 0 Å². The molecule has 0 atom stereocenters. The van der Waals surface area contributed by atoms with E-state index < -0.39 is 0 Å². The van der Waals surface area contributed by atoms with Crippen LogP contribution in [0.25, 0.3) is 66.2 Å². The molecule has 6 heteroatoms. The molecule has 0 spiro atoms. The fraction of sp³-hybridized carbons (Fsp3) is 0.116. The Morgan fingerprint density at radius 1 is 0.653 bits per heavy atom. The average Bonchev–Trinajstić information content (AvgIpc) is 3.63. The number of ether oxygens (including phenoxy) is 1. The second-order valence-corrected chi connectivity index (χ2v) is 13.4. The second kappa shape index (κ2) is 11.7. The van der Waals surface area contributed by atoms with Crippen molar-refractivity contribution in [3.63, 3.8) is 0 Å². The monoisotopic (exact) mass is 815 g/mol. The van der Waals surface area contributed by atoms with Crippen molar-refractivity contribution < 1.29 is 25.8 Å². The van der Waals surface area contributed by atoms with Crippen LogP contribution in [0.5, 0.6) is 11.5 Å². The summed E-state index contributed by atoms with van der Waals surface area (Å²) in [6.45, 7) is 8.79. The molecule has 0 bridgehead atoms. The summed E-state index contributed by atoms with van der Waals surface area (Å²) < 4.78 is 11.0. The Hall–Kier alpha value is -5.25. The van der Waals surface area contributed by atoms with Gasteiger partial charge in [-0.2, -0.15) is 6.07 Å². The Labute approximate surface area is 299 Å². The quantitative estimate of drug-likeness (QED) is 0.131. The van der Waals surface area contributed by atoms with Gasteiger partial charge >= 0.3 is 21.1 Å². The summed E-state index contributed by atoms with van der Waals surface area (Å²) in [6.07, 6.45) is 1.85. The van der Waals surface area contributed by atoms with Crippen LogP contribution in [0.2, 0.25) is 0 Å². The minimum absolute atomic E-state index is 0. The number of pyridine rings is 2. The van der Waals surface area contributed by atoms with E-state index in [1.165, 1.54) is 5.56 Å². The van der Waals surface area contributed by atoms with Crippen molar-refractivity contribution in [2.24, 2.45) is 0 Å². The first-order chi connectivity index (χ1) is 23.3. The fourth-order valence-electron chi connectivity index (χ4n) is 7.00. The maximum Gasteiger partial charge on any atom is 2.00 e. The number of hydrogen-bond donors (Lipinski definition) is 0. The van der Waals surface area contributed by atoms with Gasteiger partial charge < -0.3 is 13.7 Å². The third-order valence-electron chi connectivity index (χ3n) is 9.28. The van der Waals surface area contributed by atoms with Crippen LogP contribution in [0, 0.1) is 19.1 Å². The molecule has 5 nitrogen and oxygen atoms in total. The number of rotatable bonds is 4. The Balaban J connectivity index is 0.00000348. The van der Waals surface area contributed by atoms with Gasteiger partial charge in [0.2, 0.25) is 0 Å². The van der Waals surface area contributed by atoms with Crippen molar-refractivity contribution in [2.45, 2.75) is 33.1 Å². The van der Waals surface area contributed by atoms with E-state index in [1.807, 2.05) is 36.5 Å². The molecule has 0 aliphatic heterocycles. The molecular formula is C43H32N4OPt. The second-order valence-electron chi connectivity index (χ2n) is 13.4. The first-order valence-electron chi connectivity index (χ1n) is 16.3. The molecule has 0 aliphatic rings.